The van der Waals surface area contributed by atoms with Crippen molar-refractivity contribution in [3.63, 3.8) is 0 Å². The third-order valence-electron chi connectivity index (χ3n) is 6.89. The number of nitrogens with one attached hydrogen (secondary N) is 2. The molecule has 38 heavy (non-hydrogen) atoms. The zero-order valence-corrected chi connectivity index (χ0v) is 22.1. The second-order valence-electron chi connectivity index (χ2n) is 9.52. The van der Waals surface area contributed by atoms with Gasteiger partial charge in [0, 0.05) is 36.9 Å². The predicted molar refractivity (Wildman–Crippen MR) is 144 cm³/mol. The quantitative estimate of drug-likeness (QED) is 0.444. The second-order valence-corrected chi connectivity index (χ2v) is 9.92. The number of fused-ring (bicyclic) bond motifs is 1. The Hall–Kier alpha value is -3.69. The molecule has 5 rings (SSSR count). The Morgan fingerprint density at radius 3 is 2.71 bits per heavy atom. The van der Waals surface area contributed by atoms with Gasteiger partial charge in [0.05, 0.1) is 30.1 Å². The summed E-state index contributed by atoms with van der Waals surface area (Å²) in [6.45, 7) is 3.66. The molecular weight excluding hydrogens is 506 g/mol. The number of benzene rings is 2. The highest BCUT2D eigenvalue weighted by molar-refractivity contribution is 6.33. The van der Waals surface area contributed by atoms with Crippen molar-refractivity contribution in [2.24, 2.45) is 0 Å². The second kappa shape index (κ2) is 11.4. The van der Waals surface area contributed by atoms with Crippen LogP contribution in [0.2, 0.25) is 5.02 Å². The van der Waals surface area contributed by atoms with Gasteiger partial charge in [0.25, 0.3) is 5.91 Å². The van der Waals surface area contributed by atoms with Crippen LogP contribution < -0.4 is 15.4 Å². The fourth-order valence-electron chi connectivity index (χ4n) is 4.74. The fourth-order valence-corrected chi connectivity index (χ4v) is 4.94. The van der Waals surface area contributed by atoms with E-state index in [2.05, 4.69) is 20.6 Å². The molecule has 2 amide bonds. The molecule has 0 saturated carbocycles. The average Bonchev–Trinajstić information content (AvgIpc) is 3.24. The number of hydrogen-bond donors (Lipinski definition) is 2. The van der Waals surface area contributed by atoms with Crippen LogP contribution in [0, 0.1) is 0 Å². The predicted octanol–water partition coefficient (Wildman–Crippen LogP) is 4.23. The number of nitrogens with zero attached hydrogens (tertiary/aromatic N) is 3. The maximum absolute atomic E-state index is 13.2. The van der Waals surface area contributed by atoms with Gasteiger partial charge in [0.1, 0.15) is 12.3 Å². The highest BCUT2D eigenvalue weighted by Crippen LogP contribution is 2.31. The third kappa shape index (κ3) is 5.74. The van der Waals surface area contributed by atoms with E-state index in [1.54, 1.807) is 24.3 Å². The SMILES string of the molecule is COc1ccc([C@@H](C)NC(=O)CN2Cc3ccc(-c4nc(NC5CCOCC5)ncc4Cl)cc3C2=O)cc1. The molecule has 1 saturated heterocycles. The third-order valence-corrected chi connectivity index (χ3v) is 7.17. The Labute approximate surface area is 226 Å². The molecule has 2 aromatic carbocycles. The zero-order valence-electron chi connectivity index (χ0n) is 21.4. The van der Waals surface area contributed by atoms with Gasteiger partial charge in [-0.15, -0.1) is 0 Å². The fraction of sp³-hybridized carbons (Fsp3) is 0.357. The number of amides is 2. The van der Waals surface area contributed by atoms with Gasteiger partial charge in [-0.05, 0) is 49.1 Å². The molecule has 198 valence electrons. The molecule has 0 unspecified atom stereocenters. The molecule has 1 fully saturated rings. The molecule has 1 atom stereocenters. The summed E-state index contributed by atoms with van der Waals surface area (Å²) in [5.74, 6) is 0.826. The zero-order chi connectivity index (χ0) is 26.6. The van der Waals surface area contributed by atoms with Crippen molar-refractivity contribution in [2.75, 3.05) is 32.2 Å². The van der Waals surface area contributed by atoms with E-state index in [9.17, 15) is 9.59 Å². The van der Waals surface area contributed by atoms with Crippen molar-refractivity contribution in [3.05, 3.63) is 70.4 Å². The summed E-state index contributed by atoms with van der Waals surface area (Å²) in [6, 6.07) is 13.1. The van der Waals surface area contributed by atoms with E-state index in [1.807, 2.05) is 43.3 Å². The van der Waals surface area contributed by atoms with E-state index in [-0.39, 0.29) is 30.4 Å². The Morgan fingerprint density at radius 1 is 1.21 bits per heavy atom. The van der Waals surface area contributed by atoms with Crippen molar-refractivity contribution in [1.29, 1.82) is 0 Å². The van der Waals surface area contributed by atoms with Gasteiger partial charge in [0.2, 0.25) is 11.9 Å². The highest BCUT2D eigenvalue weighted by atomic mass is 35.5. The summed E-state index contributed by atoms with van der Waals surface area (Å²) in [5.41, 5.74) is 3.63. The van der Waals surface area contributed by atoms with E-state index in [4.69, 9.17) is 21.1 Å². The number of carbonyl (C=O) groups is 2. The van der Waals surface area contributed by atoms with Crippen LogP contribution in [0.5, 0.6) is 5.75 Å². The minimum absolute atomic E-state index is 0.0310. The monoisotopic (exact) mass is 535 g/mol. The average molecular weight is 536 g/mol. The molecular formula is C28H30ClN5O4. The largest absolute Gasteiger partial charge is 0.497 e. The Balaban J connectivity index is 1.25. The van der Waals surface area contributed by atoms with E-state index >= 15 is 0 Å². The van der Waals surface area contributed by atoms with E-state index in [0.29, 0.717) is 42.0 Å². The lowest BCUT2D eigenvalue weighted by molar-refractivity contribution is -0.122. The summed E-state index contributed by atoms with van der Waals surface area (Å²) < 4.78 is 10.6. The van der Waals surface area contributed by atoms with Gasteiger partial charge in [-0.1, -0.05) is 35.9 Å². The molecule has 0 bridgehead atoms. The number of anilines is 1. The van der Waals surface area contributed by atoms with Gasteiger partial charge < -0.3 is 25.0 Å². The molecule has 0 spiro atoms. The van der Waals surface area contributed by atoms with Crippen molar-refractivity contribution < 1.29 is 19.1 Å². The number of aromatic nitrogens is 2. The van der Waals surface area contributed by atoms with Crippen LogP contribution in [-0.2, 0) is 16.1 Å². The number of hydrogen-bond acceptors (Lipinski definition) is 7. The van der Waals surface area contributed by atoms with Crippen LogP contribution in [0.1, 0.15) is 47.3 Å². The lowest BCUT2D eigenvalue weighted by Crippen LogP contribution is -2.38. The summed E-state index contributed by atoms with van der Waals surface area (Å²) in [4.78, 5) is 36.5. The first-order valence-corrected chi connectivity index (χ1v) is 13.0. The number of carbonyl (C=O) groups excluding carboxylic acids is 2. The number of halogens is 1. The van der Waals surface area contributed by atoms with E-state index in [0.717, 1.165) is 35.3 Å². The summed E-state index contributed by atoms with van der Waals surface area (Å²) in [7, 11) is 1.61. The molecule has 2 aliphatic heterocycles. The Bertz CT molecular complexity index is 1330. The maximum Gasteiger partial charge on any atom is 0.254 e. The van der Waals surface area contributed by atoms with Crippen LogP contribution in [-0.4, -0.2) is 59.6 Å². The van der Waals surface area contributed by atoms with Crippen LogP contribution in [0.3, 0.4) is 0 Å². The molecule has 3 heterocycles. The standard InChI is InChI=1S/C28H30ClN5O4/c1-17(18-5-7-22(37-2)8-6-18)31-25(35)16-34-15-20-4-3-19(13-23(20)27(34)36)26-24(29)14-30-28(33-26)32-21-9-11-38-12-10-21/h3-8,13-14,17,21H,9-12,15-16H2,1-2H3,(H,31,35)(H,30,32,33)/t17-/m1/s1. The van der Waals surface area contributed by atoms with Gasteiger partial charge in [0.15, 0.2) is 0 Å². The first kappa shape index (κ1) is 25.9. The van der Waals surface area contributed by atoms with Gasteiger partial charge in [-0.25, -0.2) is 9.97 Å². The first-order chi connectivity index (χ1) is 18.4. The molecule has 0 aliphatic carbocycles. The highest BCUT2D eigenvalue weighted by Gasteiger charge is 2.30. The lowest BCUT2D eigenvalue weighted by Gasteiger charge is -2.23. The lowest BCUT2D eigenvalue weighted by atomic mass is 10.0. The Kier molecular flexibility index (Phi) is 7.76. The number of methoxy groups -OCH3 is 1. The molecule has 2 aliphatic rings. The van der Waals surface area contributed by atoms with Crippen LogP contribution >= 0.6 is 11.6 Å². The van der Waals surface area contributed by atoms with Crippen LogP contribution in [0.25, 0.3) is 11.3 Å². The van der Waals surface area contributed by atoms with Crippen LogP contribution in [0.15, 0.2) is 48.7 Å². The molecule has 10 heteroatoms. The van der Waals surface area contributed by atoms with Gasteiger partial charge in [-0.3, -0.25) is 9.59 Å². The minimum atomic E-state index is -0.225. The Morgan fingerprint density at radius 2 is 1.97 bits per heavy atom. The minimum Gasteiger partial charge on any atom is -0.497 e. The number of rotatable bonds is 8. The van der Waals surface area contributed by atoms with Crippen LogP contribution in [0.4, 0.5) is 5.95 Å². The number of ether oxygens (including phenoxy) is 2. The molecule has 1 aromatic heterocycles. The normalized spacial score (nSPS) is 16.2. The van der Waals surface area contributed by atoms with Crippen molar-refractivity contribution in [3.8, 4) is 17.0 Å². The van der Waals surface area contributed by atoms with Gasteiger partial charge in [-0.2, -0.15) is 0 Å². The van der Waals surface area contributed by atoms with Gasteiger partial charge >= 0.3 is 0 Å². The van der Waals surface area contributed by atoms with Crippen molar-refractivity contribution in [1.82, 2.24) is 20.2 Å². The molecule has 9 nitrogen and oxygen atoms in total. The summed E-state index contributed by atoms with van der Waals surface area (Å²) in [6.07, 6.45) is 3.34. The summed E-state index contributed by atoms with van der Waals surface area (Å²) in [5, 5.41) is 6.72. The van der Waals surface area contributed by atoms with Crippen molar-refractivity contribution in [2.45, 2.75) is 38.4 Å². The maximum atomic E-state index is 13.2. The summed E-state index contributed by atoms with van der Waals surface area (Å²) >= 11 is 6.45. The molecule has 2 N–H and O–H groups in total. The molecule has 0 radical (unpaired) electrons. The van der Waals surface area contributed by atoms with Crippen molar-refractivity contribution >= 4 is 29.4 Å². The molecule has 3 aromatic rings. The van der Waals surface area contributed by atoms with E-state index < -0.39 is 0 Å². The topological polar surface area (TPSA) is 106 Å². The first-order valence-electron chi connectivity index (χ1n) is 12.6. The smallest absolute Gasteiger partial charge is 0.254 e. The van der Waals surface area contributed by atoms with E-state index in [1.165, 1.54) is 0 Å².